The first-order valence-electron chi connectivity index (χ1n) is 11.2. The van der Waals surface area contributed by atoms with Crippen LogP contribution in [-0.2, 0) is 27.8 Å². The van der Waals surface area contributed by atoms with Gasteiger partial charge in [0.05, 0.1) is 5.69 Å². The third kappa shape index (κ3) is 2.71. The van der Waals surface area contributed by atoms with Crippen molar-refractivity contribution in [2.45, 2.75) is 65.7 Å². The predicted octanol–water partition coefficient (Wildman–Crippen LogP) is 4.50. The first-order chi connectivity index (χ1) is 14.5. The Labute approximate surface area is 183 Å². The van der Waals surface area contributed by atoms with Gasteiger partial charge >= 0.3 is 0 Å². The Hall–Kier alpha value is -2.69. The summed E-state index contributed by atoms with van der Waals surface area (Å²) in [7, 11) is 1.82. The fourth-order valence-electron chi connectivity index (χ4n) is 6.08. The Morgan fingerprint density at radius 2 is 1.84 bits per heavy atom. The number of allylic oxidation sites excluding steroid dienone is 1. The maximum atomic E-state index is 14.2. The molecule has 1 aromatic carbocycles. The molecule has 5 heteroatoms. The van der Waals surface area contributed by atoms with Crippen molar-refractivity contribution in [2.24, 2.45) is 10.8 Å². The summed E-state index contributed by atoms with van der Waals surface area (Å²) in [6.45, 7) is 10.8. The number of benzene rings is 1. The fraction of sp³-hybridized carbons (Fsp3) is 0.500. The monoisotopic (exact) mass is 417 g/mol. The second-order valence-corrected chi connectivity index (χ2v) is 11.5. The summed E-state index contributed by atoms with van der Waals surface area (Å²) < 4.78 is 0. The summed E-state index contributed by atoms with van der Waals surface area (Å²) in [6, 6.07) is 7.94. The number of nitrogens with one attached hydrogen (secondary N) is 1. The van der Waals surface area contributed by atoms with E-state index in [2.05, 4.69) is 39.7 Å². The summed E-state index contributed by atoms with van der Waals surface area (Å²) in [5, 5.41) is 8.00. The molecule has 1 aromatic heterocycles. The number of H-pyrrole nitrogens is 1. The Kier molecular flexibility index (Phi) is 4.03. The molecule has 1 unspecified atom stereocenters. The molecule has 0 fully saturated rings. The summed E-state index contributed by atoms with van der Waals surface area (Å²) in [5.41, 5.74) is 5.25. The zero-order chi connectivity index (χ0) is 22.3. The summed E-state index contributed by atoms with van der Waals surface area (Å²) in [5.74, 6) is 0.0741. The molecule has 1 amide bonds. The highest BCUT2D eigenvalue weighted by atomic mass is 16.2. The van der Waals surface area contributed by atoms with Gasteiger partial charge in [-0.05, 0) is 29.7 Å². The molecule has 1 aliphatic heterocycles. The maximum Gasteiger partial charge on any atom is 0.246 e. The number of hydrogen-bond donors (Lipinski definition) is 1. The molecule has 1 N–H and O–H groups in total. The average molecular weight is 418 g/mol. The van der Waals surface area contributed by atoms with Crippen LogP contribution in [0.2, 0.25) is 0 Å². The summed E-state index contributed by atoms with van der Waals surface area (Å²) >= 11 is 0. The smallest absolute Gasteiger partial charge is 0.246 e. The lowest BCUT2D eigenvalue weighted by Gasteiger charge is -2.42. The zero-order valence-electron chi connectivity index (χ0n) is 19.3. The van der Waals surface area contributed by atoms with Crippen molar-refractivity contribution >= 4 is 17.4 Å². The average Bonchev–Trinajstić information content (AvgIpc) is 3.13. The van der Waals surface area contributed by atoms with E-state index in [1.807, 2.05) is 31.3 Å². The molecule has 0 saturated heterocycles. The minimum Gasteiger partial charge on any atom is -0.314 e. The standard InChI is InChI=1S/C26H31N3O2/c1-24(2,3)13-18-22-17(27-28-18)11-15-12-25(4,5)14-20(30)21(15)26(22)16-9-7-8-10-19(16)29(6)23(26)31/h7-10H,11-14H2,1-6H3,(H,27,28). The molecule has 1 spiro atoms. The number of Topliss-reactive ketones (excluding diaryl/α,β-unsaturated/α-hetero) is 1. The maximum absolute atomic E-state index is 14.2. The van der Waals surface area contributed by atoms with Gasteiger partial charge in [0.2, 0.25) is 5.91 Å². The molecule has 5 rings (SSSR count). The van der Waals surface area contributed by atoms with Crippen molar-refractivity contribution in [1.82, 2.24) is 10.2 Å². The lowest BCUT2D eigenvalue weighted by Crippen LogP contribution is -2.49. The largest absolute Gasteiger partial charge is 0.314 e. The quantitative estimate of drug-likeness (QED) is 0.743. The fourth-order valence-corrected chi connectivity index (χ4v) is 6.08. The Morgan fingerprint density at radius 3 is 2.55 bits per heavy atom. The Bertz CT molecular complexity index is 1160. The van der Waals surface area contributed by atoms with Crippen molar-refractivity contribution in [2.75, 3.05) is 11.9 Å². The molecule has 0 radical (unpaired) electrons. The molecular weight excluding hydrogens is 386 g/mol. The van der Waals surface area contributed by atoms with Crippen LogP contribution in [0.5, 0.6) is 0 Å². The number of aromatic nitrogens is 2. The van der Waals surface area contributed by atoms with E-state index in [-0.39, 0.29) is 22.5 Å². The molecular formula is C26H31N3O2. The molecule has 0 saturated carbocycles. The van der Waals surface area contributed by atoms with Gasteiger partial charge in [0.25, 0.3) is 0 Å². The van der Waals surface area contributed by atoms with Crippen LogP contribution in [-0.4, -0.2) is 28.9 Å². The molecule has 0 bridgehead atoms. The number of anilines is 1. The molecule has 162 valence electrons. The highest BCUT2D eigenvalue weighted by Crippen LogP contribution is 2.58. The van der Waals surface area contributed by atoms with Gasteiger partial charge in [0.1, 0.15) is 5.41 Å². The van der Waals surface area contributed by atoms with E-state index in [1.165, 1.54) is 0 Å². The first kappa shape index (κ1) is 20.2. The van der Waals surface area contributed by atoms with Crippen molar-refractivity contribution in [3.05, 3.63) is 57.9 Å². The van der Waals surface area contributed by atoms with Gasteiger partial charge < -0.3 is 4.90 Å². The van der Waals surface area contributed by atoms with Crippen molar-refractivity contribution in [1.29, 1.82) is 0 Å². The van der Waals surface area contributed by atoms with Crippen molar-refractivity contribution in [3.8, 4) is 0 Å². The van der Waals surface area contributed by atoms with Crippen LogP contribution in [0.25, 0.3) is 0 Å². The number of ketones is 1. The van der Waals surface area contributed by atoms with Gasteiger partial charge in [-0.2, -0.15) is 5.10 Å². The van der Waals surface area contributed by atoms with Crippen molar-refractivity contribution < 1.29 is 9.59 Å². The minimum absolute atomic E-state index is 0.00441. The van der Waals surface area contributed by atoms with Gasteiger partial charge in [-0.15, -0.1) is 0 Å². The second kappa shape index (κ2) is 6.18. The molecule has 3 aliphatic rings. The van der Waals surface area contributed by atoms with E-state index in [0.29, 0.717) is 12.8 Å². The second-order valence-electron chi connectivity index (χ2n) is 11.5. The topological polar surface area (TPSA) is 66.1 Å². The number of para-hydroxylation sites is 1. The predicted molar refractivity (Wildman–Crippen MR) is 121 cm³/mol. The van der Waals surface area contributed by atoms with Crippen LogP contribution < -0.4 is 4.90 Å². The Morgan fingerprint density at radius 1 is 1.13 bits per heavy atom. The highest BCUT2D eigenvalue weighted by molar-refractivity contribution is 6.20. The van der Waals surface area contributed by atoms with E-state index in [9.17, 15) is 9.59 Å². The SMILES string of the molecule is CN1C(=O)C2(C3=C(Cc4[nH]nc(CC(C)(C)C)c42)CC(C)(C)CC3=O)c2ccccc21. The lowest BCUT2D eigenvalue weighted by atomic mass is 9.57. The van der Waals surface area contributed by atoms with Crippen LogP contribution in [0.3, 0.4) is 0 Å². The van der Waals surface area contributed by atoms with Gasteiger partial charge in [-0.1, -0.05) is 58.4 Å². The van der Waals surface area contributed by atoms with Gasteiger partial charge in [-0.3, -0.25) is 14.7 Å². The summed E-state index contributed by atoms with van der Waals surface area (Å²) in [4.78, 5) is 29.6. The van der Waals surface area contributed by atoms with E-state index in [0.717, 1.165) is 52.2 Å². The Balaban J connectivity index is 1.88. The molecule has 1 atom stereocenters. The number of carbonyl (C=O) groups is 2. The number of carbonyl (C=O) groups excluding carboxylic acids is 2. The van der Waals surface area contributed by atoms with Crippen molar-refractivity contribution in [3.63, 3.8) is 0 Å². The van der Waals surface area contributed by atoms with Crippen LogP contribution in [0.15, 0.2) is 35.4 Å². The van der Waals surface area contributed by atoms with Crippen LogP contribution in [0.4, 0.5) is 5.69 Å². The third-order valence-electron chi connectivity index (χ3n) is 7.01. The lowest BCUT2D eigenvalue weighted by molar-refractivity contribution is -0.124. The summed E-state index contributed by atoms with van der Waals surface area (Å²) in [6.07, 6.45) is 2.69. The van der Waals surface area contributed by atoms with E-state index in [1.54, 1.807) is 4.90 Å². The van der Waals surface area contributed by atoms with Gasteiger partial charge in [-0.25, -0.2) is 0 Å². The number of fused-ring (bicyclic) bond motifs is 5. The number of amides is 1. The minimum atomic E-state index is -1.09. The highest BCUT2D eigenvalue weighted by Gasteiger charge is 2.61. The number of likely N-dealkylation sites (N-methyl/N-ethyl adjacent to an activating group) is 1. The molecule has 2 heterocycles. The molecule has 2 aliphatic carbocycles. The van der Waals surface area contributed by atoms with Crippen LogP contribution >= 0.6 is 0 Å². The van der Waals surface area contributed by atoms with Crippen LogP contribution in [0.1, 0.15) is 70.0 Å². The molecule has 5 nitrogen and oxygen atoms in total. The number of aromatic amines is 1. The van der Waals surface area contributed by atoms with Crippen LogP contribution in [0, 0.1) is 10.8 Å². The number of hydrogen-bond acceptors (Lipinski definition) is 3. The zero-order valence-corrected chi connectivity index (χ0v) is 19.3. The molecule has 2 aromatic rings. The van der Waals surface area contributed by atoms with E-state index < -0.39 is 5.41 Å². The van der Waals surface area contributed by atoms with E-state index in [4.69, 9.17) is 5.10 Å². The number of nitrogens with zero attached hydrogens (tertiary/aromatic N) is 2. The van der Waals surface area contributed by atoms with Gasteiger partial charge in [0, 0.05) is 48.0 Å². The molecule has 31 heavy (non-hydrogen) atoms. The third-order valence-corrected chi connectivity index (χ3v) is 7.01. The van der Waals surface area contributed by atoms with E-state index >= 15 is 0 Å². The first-order valence-corrected chi connectivity index (χ1v) is 11.2. The number of rotatable bonds is 1. The normalized spacial score (nSPS) is 24.5. The van der Waals surface area contributed by atoms with Gasteiger partial charge in [0.15, 0.2) is 5.78 Å².